The van der Waals surface area contributed by atoms with Crippen molar-refractivity contribution in [1.82, 2.24) is 0 Å². The van der Waals surface area contributed by atoms with E-state index in [-0.39, 0.29) is 36.2 Å². The Morgan fingerprint density at radius 1 is 0.515 bits per heavy atom. The highest BCUT2D eigenvalue weighted by Gasteiger charge is 2.47. The number of fused-ring (bicyclic) bond motifs is 3. The predicted molar refractivity (Wildman–Crippen MR) is 122 cm³/mol. The number of aromatic hydroxyl groups is 4. The monoisotopic (exact) mass is 442 g/mol. The number of hydrogen-bond acceptors (Lipinski definition) is 6. The molecule has 6 nitrogen and oxygen atoms in total. The second-order valence-corrected chi connectivity index (χ2v) is 8.21. The molecule has 0 atom stereocenters. The predicted octanol–water partition coefficient (Wildman–Crippen LogP) is 3.86. The number of benzene rings is 4. The van der Waals surface area contributed by atoms with E-state index < -0.39 is 5.41 Å². The average molecular weight is 442 g/mol. The van der Waals surface area contributed by atoms with Gasteiger partial charge in [-0.1, -0.05) is 24.3 Å². The Hall–Kier alpha value is -4.00. The smallest absolute Gasteiger partial charge is 0.121 e. The summed E-state index contributed by atoms with van der Waals surface area (Å²) in [5.74, 6) is 0.00164. The van der Waals surface area contributed by atoms with Gasteiger partial charge in [0.1, 0.15) is 23.0 Å². The molecule has 0 saturated heterocycles. The summed E-state index contributed by atoms with van der Waals surface area (Å²) < 4.78 is 0. The van der Waals surface area contributed by atoms with Crippen molar-refractivity contribution < 1.29 is 30.6 Å². The summed E-state index contributed by atoms with van der Waals surface area (Å²) in [4.78, 5) is 0. The number of hydrogen-bond donors (Lipinski definition) is 6. The van der Waals surface area contributed by atoms with Gasteiger partial charge >= 0.3 is 0 Å². The molecule has 0 heterocycles. The summed E-state index contributed by atoms with van der Waals surface area (Å²) >= 11 is 0. The second-order valence-electron chi connectivity index (χ2n) is 8.21. The number of rotatable bonds is 4. The Kier molecular flexibility index (Phi) is 4.78. The molecule has 0 radical (unpaired) electrons. The van der Waals surface area contributed by atoms with E-state index in [4.69, 9.17) is 0 Å². The van der Waals surface area contributed by atoms with Crippen LogP contribution in [0.4, 0.5) is 0 Å². The van der Waals surface area contributed by atoms with Crippen molar-refractivity contribution >= 4 is 0 Å². The standard InChI is InChI=1S/C27H22O6/c28-13-15-9-17(1-7-25(15)32)27(18-2-8-26(33)16(10-18)14-29)23-11-19(30)3-5-21(23)22-6-4-20(31)12-24(22)27/h1-12,28-33H,13-14H2. The molecule has 6 heteroatoms. The Bertz CT molecular complexity index is 1280. The maximum absolute atomic E-state index is 10.4. The van der Waals surface area contributed by atoms with E-state index in [1.807, 2.05) is 12.1 Å². The number of aliphatic hydroxyl groups is 2. The van der Waals surface area contributed by atoms with Crippen molar-refractivity contribution in [3.63, 3.8) is 0 Å². The summed E-state index contributed by atoms with van der Waals surface area (Å²) in [6.45, 7) is -0.764. The molecule has 1 aliphatic carbocycles. The van der Waals surface area contributed by atoms with Crippen LogP contribution in [0.3, 0.4) is 0 Å². The topological polar surface area (TPSA) is 121 Å². The molecule has 33 heavy (non-hydrogen) atoms. The van der Waals surface area contributed by atoms with Gasteiger partial charge in [-0.25, -0.2) is 0 Å². The number of phenols is 4. The summed E-state index contributed by atoms with van der Waals surface area (Å²) in [7, 11) is 0. The van der Waals surface area contributed by atoms with E-state index in [9.17, 15) is 30.6 Å². The molecule has 5 rings (SSSR count). The van der Waals surface area contributed by atoms with E-state index in [0.29, 0.717) is 22.3 Å². The molecule has 0 bridgehead atoms. The molecule has 4 aromatic rings. The van der Waals surface area contributed by atoms with E-state index in [0.717, 1.165) is 22.3 Å². The van der Waals surface area contributed by atoms with Gasteiger partial charge in [-0.15, -0.1) is 0 Å². The van der Waals surface area contributed by atoms with Crippen molar-refractivity contribution in [2.24, 2.45) is 0 Å². The van der Waals surface area contributed by atoms with Crippen molar-refractivity contribution in [3.05, 3.63) is 106 Å². The Morgan fingerprint density at radius 2 is 0.939 bits per heavy atom. The number of aliphatic hydroxyl groups excluding tert-OH is 2. The first-order valence-corrected chi connectivity index (χ1v) is 10.4. The first-order chi connectivity index (χ1) is 15.9. The minimum atomic E-state index is -1.07. The molecular weight excluding hydrogens is 420 g/mol. The van der Waals surface area contributed by atoms with Crippen LogP contribution in [-0.4, -0.2) is 30.6 Å². The lowest BCUT2D eigenvalue weighted by Gasteiger charge is -2.34. The molecule has 6 N–H and O–H groups in total. The van der Waals surface area contributed by atoms with Crippen LogP contribution < -0.4 is 0 Å². The fourth-order valence-electron chi connectivity index (χ4n) is 4.98. The molecule has 0 amide bonds. The molecule has 0 unspecified atom stereocenters. The van der Waals surface area contributed by atoms with Crippen LogP contribution in [0.25, 0.3) is 11.1 Å². The maximum atomic E-state index is 10.4. The largest absolute Gasteiger partial charge is 0.508 e. The van der Waals surface area contributed by atoms with Crippen molar-refractivity contribution in [2.75, 3.05) is 0 Å². The van der Waals surface area contributed by atoms with Crippen molar-refractivity contribution in [2.45, 2.75) is 18.6 Å². The second kappa shape index (κ2) is 7.55. The molecule has 1 aliphatic rings. The maximum Gasteiger partial charge on any atom is 0.121 e. The first kappa shape index (κ1) is 20.9. The SMILES string of the molecule is OCc1cc(C2(c3ccc(O)c(CO)c3)c3cc(O)ccc3-c3ccc(O)cc32)ccc1O. The van der Waals surface area contributed by atoms with Crippen LogP contribution in [0.1, 0.15) is 33.4 Å². The molecule has 0 spiro atoms. The van der Waals surface area contributed by atoms with Gasteiger partial charge in [0.2, 0.25) is 0 Å². The zero-order chi connectivity index (χ0) is 23.3. The highest BCUT2D eigenvalue weighted by atomic mass is 16.3. The first-order valence-electron chi connectivity index (χ1n) is 10.4. The van der Waals surface area contributed by atoms with Gasteiger partial charge < -0.3 is 30.6 Å². The van der Waals surface area contributed by atoms with Crippen molar-refractivity contribution in [1.29, 1.82) is 0 Å². The lowest BCUT2D eigenvalue weighted by atomic mass is 9.67. The Balaban J connectivity index is 1.98. The Morgan fingerprint density at radius 3 is 1.33 bits per heavy atom. The summed E-state index contributed by atoms with van der Waals surface area (Å²) in [5.41, 5.74) is 4.08. The van der Waals surface area contributed by atoms with Gasteiger partial charge in [0, 0.05) is 11.1 Å². The van der Waals surface area contributed by atoms with Gasteiger partial charge in [-0.3, -0.25) is 0 Å². The van der Waals surface area contributed by atoms with Gasteiger partial charge in [0.05, 0.1) is 18.6 Å². The zero-order valence-corrected chi connectivity index (χ0v) is 17.5. The van der Waals surface area contributed by atoms with Gasteiger partial charge in [0.15, 0.2) is 0 Å². The highest BCUT2D eigenvalue weighted by molar-refractivity contribution is 5.87. The van der Waals surface area contributed by atoms with Gasteiger partial charge in [-0.2, -0.15) is 0 Å². The highest BCUT2D eigenvalue weighted by Crippen LogP contribution is 2.58. The Labute approximate surface area is 189 Å². The van der Waals surface area contributed by atoms with Crippen LogP contribution in [-0.2, 0) is 18.6 Å². The van der Waals surface area contributed by atoms with E-state index >= 15 is 0 Å². The van der Waals surface area contributed by atoms with E-state index in [1.165, 1.54) is 12.1 Å². The molecule has 0 aromatic heterocycles. The minimum absolute atomic E-state index is 0.0524. The van der Waals surface area contributed by atoms with Gasteiger partial charge in [0.25, 0.3) is 0 Å². The van der Waals surface area contributed by atoms with Crippen LogP contribution in [0.2, 0.25) is 0 Å². The summed E-state index contributed by atoms with van der Waals surface area (Å²) in [6.07, 6.45) is 0. The minimum Gasteiger partial charge on any atom is -0.508 e. The molecule has 4 aromatic carbocycles. The third kappa shape index (κ3) is 2.96. The molecule has 0 fully saturated rings. The van der Waals surface area contributed by atoms with E-state index in [2.05, 4.69) is 0 Å². The zero-order valence-electron chi connectivity index (χ0n) is 17.5. The summed E-state index contributed by atoms with van der Waals surface area (Å²) in [6, 6.07) is 20.0. The van der Waals surface area contributed by atoms with Crippen LogP contribution in [0.15, 0.2) is 72.8 Å². The van der Waals surface area contributed by atoms with Crippen LogP contribution in [0.5, 0.6) is 23.0 Å². The number of phenolic OH excluding ortho intramolecular Hbond substituents is 2. The average Bonchev–Trinajstić information content (AvgIpc) is 3.09. The van der Waals surface area contributed by atoms with Gasteiger partial charge in [-0.05, 0) is 81.9 Å². The molecular formula is C27H22O6. The fourth-order valence-corrected chi connectivity index (χ4v) is 4.98. The van der Waals surface area contributed by atoms with Crippen LogP contribution >= 0.6 is 0 Å². The van der Waals surface area contributed by atoms with Crippen molar-refractivity contribution in [3.8, 4) is 34.1 Å². The normalized spacial score (nSPS) is 13.5. The fraction of sp³-hybridized carbons (Fsp3) is 0.111. The summed E-state index contributed by atoms with van der Waals surface area (Å²) in [5, 5.41) is 61.0. The third-order valence-electron chi connectivity index (χ3n) is 6.47. The van der Waals surface area contributed by atoms with E-state index in [1.54, 1.807) is 48.5 Å². The quantitative estimate of drug-likeness (QED) is 0.251. The van der Waals surface area contributed by atoms with Crippen LogP contribution in [0, 0.1) is 0 Å². The molecule has 0 saturated carbocycles. The lowest BCUT2D eigenvalue weighted by Crippen LogP contribution is -2.29. The molecule has 166 valence electrons. The lowest BCUT2D eigenvalue weighted by molar-refractivity contribution is 0.275. The third-order valence-corrected chi connectivity index (χ3v) is 6.47. The molecule has 0 aliphatic heterocycles.